The summed E-state index contributed by atoms with van der Waals surface area (Å²) in [4.78, 5) is 21.8. The Labute approximate surface area is 121 Å². The molecule has 1 aromatic carbocycles. The molecule has 0 radical (unpaired) electrons. The molecule has 0 aliphatic carbocycles. The van der Waals surface area contributed by atoms with Gasteiger partial charge in [0.05, 0.1) is 4.92 Å². The van der Waals surface area contributed by atoms with Gasteiger partial charge in [-0.2, -0.15) is 0 Å². The standard InChI is InChI=1S/C13H17ClN2O4/c1-3-13(4-2,12(17)18)15-8-9-5-6-10(14)7-11(9)16(19)20/h5-7,15H,3-4,8H2,1-2H3,(H,17,18). The summed E-state index contributed by atoms with van der Waals surface area (Å²) in [6.07, 6.45) is 0.778. The predicted octanol–water partition coefficient (Wildman–Crippen LogP) is 2.98. The van der Waals surface area contributed by atoms with E-state index in [0.29, 0.717) is 18.4 Å². The highest BCUT2D eigenvalue weighted by Gasteiger charge is 2.34. The summed E-state index contributed by atoms with van der Waals surface area (Å²) in [5, 5.41) is 23.5. The average molecular weight is 301 g/mol. The number of benzene rings is 1. The van der Waals surface area contributed by atoms with Gasteiger partial charge < -0.3 is 5.11 Å². The zero-order valence-electron chi connectivity index (χ0n) is 11.4. The molecule has 0 aliphatic rings. The van der Waals surface area contributed by atoms with Gasteiger partial charge >= 0.3 is 5.97 Å². The van der Waals surface area contributed by atoms with Crippen molar-refractivity contribution in [2.24, 2.45) is 0 Å². The molecule has 2 N–H and O–H groups in total. The maximum atomic E-state index is 11.4. The molecular weight excluding hydrogens is 284 g/mol. The van der Waals surface area contributed by atoms with Gasteiger partial charge in [0.1, 0.15) is 5.54 Å². The third kappa shape index (κ3) is 3.46. The minimum atomic E-state index is -1.08. The lowest BCUT2D eigenvalue weighted by molar-refractivity contribution is -0.385. The van der Waals surface area contributed by atoms with Crippen molar-refractivity contribution in [3.8, 4) is 0 Å². The molecule has 1 aromatic rings. The van der Waals surface area contributed by atoms with E-state index in [2.05, 4.69) is 5.32 Å². The molecule has 110 valence electrons. The molecule has 20 heavy (non-hydrogen) atoms. The van der Waals surface area contributed by atoms with Gasteiger partial charge in [0, 0.05) is 23.2 Å². The van der Waals surface area contributed by atoms with Crippen LogP contribution in [0.2, 0.25) is 5.02 Å². The molecule has 0 saturated heterocycles. The maximum Gasteiger partial charge on any atom is 0.323 e. The minimum absolute atomic E-state index is 0.0987. The number of nitro groups is 1. The number of hydrogen-bond donors (Lipinski definition) is 2. The predicted molar refractivity (Wildman–Crippen MR) is 75.9 cm³/mol. The highest BCUT2D eigenvalue weighted by molar-refractivity contribution is 6.30. The summed E-state index contributed by atoms with van der Waals surface area (Å²) in [6, 6.07) is 4.34. The average Bonchev–Trinajstić information content (AvgIpc) is 2.41. The SMILES string of the molecule is CCC(CC)(NCc1ccc(Cl)cc1[N+](=O)[O-])C(=O)O. The number of hydrogen-bond acceptors (Lipinski definition) is 4. The summed E-state index contributed by atoms with van der Waals surface area (Å²) in [7, 11) is 0. The summed E-state index contributed by atoms with van der Waals surface area (Å²) in [5.41, 5.74) is -0.781. The molecule has 0 aromatic heterocycles. The first kappa shape index (κ1) is 16.4. The molecule has 0 spiro atoms. The van der Waals surface area contributed by atoms with E-state index in [1.165, 1.54) is 12.1 Å². The van der Waals surface area contributed by atoms with Gasteiger partial charge in [-0.05, 0) is 25.0 Å². The van der Waals surface area contributed by atoms with Crippen molar-refractivity contribution in [1.29, 1.82) is 0 Å². The molecule has 0 bridgehead atoms. The van der Waals surface area contributed by atoms with Crippen molar-refractivity contribution in [2.75, 3.05) is 0 Å². The van der Waals surface area contributed by atoms with Gasteiger partial charge in [0.25, 0.3) is 5.69 Å². The lowest BCUT2D eigenvalue weighted by Crippen LogP contribution is -2.50. The second-order valence-corrected chi connectivity index (χ2v) is 4.91. The van der Waals surface area contributed by atoms with E-state index in [-0.39, 0.29) is 17.3 Å². The Morgan fingerprint density at radius 3 is 2.50 bits per heavy atom. The third-order valence-electron chi connectivity index (χ3n) is 3.48. The molecular formula is C13H17ClN2O4. The van der Waals surface area contributed by atoms with E-state index >= 15 is 0 Å². The number of carbonyl (C=O) groups is 1. The number of nitrogens with one attached hydrogen (secondary N) is 1. The van der Waals surface area contributed by atoms with Crippen LogP contribution in [0.25, 0.3) is 0 Å². The fourth-order valence-corrected chi connectivity index (χ4v) is 2.17. The van der Waals surface area contributed by atoms with Crippen LogP contribution in [0, 0.1) is 10.1 Å². The van der Waals surface area contributed by atoms with Crippen LogP contribution in [-0.4, -0.2) is 21.5 Å². The van der Waals surface area contributed by atoms with Crippen molar-refractivity contribution in [2.45, 2.75) is 38.8 Å². The van der Waals surface area contributed by atoms with E-state index in [1.807, 2.05) is 0 Å². The van der Waals surface area contributed by atoms with Crippen LogP contribution >= 0.6 is 11.6 Å². The van der Waals surface area contributed by atoms with Crippen LogP contribution < -0.4 is 5.32 Å². The number of nitro benzene ring substituents is 1. The van der Waals surface area contributed by atoms with Crippen LogP contribution in [0.3, 0.4) is 0 Å². The number of carboxylic acids is 1. The second kappa shape index (κ2) is 6.67. The number of halogens is 1. The Morgan fingerprint density at radius 1 is 1.45 bits per heavy atom. The van der Waals surface area contributed by atoms with Crippen molar-refractivity contribution in [1.82, 2.24) is 5.32 Å². The Bertz CT molecular complexity index is 515. The summed E-state index contributed by atoms with van der Waals surface area (Å²) < 4.78 is 0. The largest absolute Gasteiger partial charge is 0.480 e. The van der Waals surface area contributed by atoms with E-state index in [1.54, 1.807) is 19.9 Å². The highest BCUT2D eigenvalue weighted by atomic mass is 35.5. The van der Waals surface area contributed by atoms with E-state index in [9.17, 15) is 20.0 Å². The first-order valence-electron chi connectivity index (χ1n) is 6.27. The number of nitrogens with zero attached hydrogens (tertiary/aromatic N) is 1. The Kier molecular flexibility index (Phi) is 5.47. The lowest BCUT2D eigenvalue weighted by atomic mass is 9.92. The zero-order chi connectivity index (χ0) is 15.3. The van der Waals surface area contributed by atoms with E-state index in [4.69, 9.17) is 11.6 Å². The van der Waals surface area contributed by atoms with Crippen LogP contribution in [0.5, 0.6) is 0 Å². The second-order valence-electron chi connectivity index (χ2n) is 4.48. The monoisotopic (exact) mass is 300 g/mol. The van der Waals surface area contributed by atoms with E-state index < -0.39 is 16.4 Å². The molecule has 1 rings (SSSR count). The maximum absolute atomic E-state index is 11.4. The van der Waals surface area contributed by atoms with Gasteiger partial charge in [-0.15, -0.1) is 0 Å². The summed E-state index contributed by atoms with van der Waals surface area (Å²) in [5.74, 6) is -0.959. The van der Waals surface area contributed by atoms with Gasteiger partial charge in [-0.25, -0.2) is 0 Å². The van der Waals surface area contributed by atoms with Crippen molar-refractivity contribution in [3.63, 3.8) is 0 Å². The number of aliphatic carboxylic acids is 1. The normalized spacial score (nSPS) is 11.3. The number of rotatable bonds is 7. The van der Waals surface area contributed by atoms with Gasteiger partial charge in [-0.1, -0.05) is 25.4 Å². The fraction of sp³-hybridized carbons (Fsp3) is 0.462. The van der Waals surface area contributed by atoms with Gasteiger partial charge in [-0.3, -0.25) is 20.2 Å². The minimum Gasteiger partial charge on any atom is -0.480 e. The molecule has 0 heterocycles. The first-order chi connectivity index (χ1) is 9.36. The lowest BCUT2D eigenvalue weighted by Gasteiger charge is -2.28. The van der Waals surface area contributed by atoms with Crippen molar-refractivity contribution in [3.05, 3.63) is 38.9 Å². The fourth-order valence-electron chi connectivity index (χ4n) is 2.00. The molecule has 0 unspecified atom stereocenters. The van der Waals surface area contributed by atoms with Crippen LogP contribution in [0.1, 0.15) is 32.3 Å². The highest BCUT2D eigenvalue weighted by Crippen LogP contribution is 2.24. The van der Waals surface area contributed by atoms with E-state index in [0.717, 1.165) is 0 Å². The quantitative estimate of drug-likeness (QED) is 0.596. The molecule has 0 aliphatic heterocycles. The van der Waals surface area contributed by atoms with Crippen LogP contribution in [-0.2, 0) is 11.3 Å². The van der Waals surface area contributed by atoms with Crippen LogP contribution in [0.15, 0.2) is 18.2 Å². The first-order valence-corrected chi connectivity index (χ1v) is 6.65. The van der Waals surface area contributed by atoms with Gasteiger partial charge in [0.2, 0.25) is 0 Å². The van der Waals surface area contributed by atoms with Crippen molar-refractivity contribution < 1.29 is 14.8 Å². The Hall–Kier alpha value is -1.66. The third-order valence-corrected chi connectivity index (χ3v) is 3.71. The summed E-state index contributed by atoms with van der Waals surface area (Å²) in [6.45, 7) is 3.63. The van der Waals surface area contributed by atoms with Crippen LogP contribution in [0.4, 0.5) is 5.69 Å². The molecule has 0 amide bonds. The Balaban J connectivity index is 2.99. The molecule has 6 nitrogen and oxygen atoms in total. The smallest absolute Gasteiger partial charge is 0.323 e. The summed E-state index contributed by atoms with van der Waals surface area (Å²) >= 11 is 5.74. The Morgan fingerprint density at radius 2 is 2.05 bits per heavy atom. The van der Waals surface area contributed by atoms with Gasteiger partial charge in [0.15, 0.2) is 0 Å². The topological polar surface area (TPSA) is 92.5 Å². The molecule has 7 heteroatoms. The number of carboxylic acid groups (broad SMARTS) is 1. The van der Waals surface area contributed by atoms with Crippen molar-refractivity contribution >= 4 is 23.3 Å². The molecule has 0 fully saturated rings. The zero-order valence-corrected chi connectivity index (χ0v) is 12.1. The molecule has 0 saturated carbocycles. The molecule has 0 atom stereocenters.